The summed E-state index contributed by atoms with van der Waals surface area (Å²) in [5, 5.41) is 35.8. The van der Waals surface area contributed by atoms with Gasteiger partial charge in [-0.15, -0.1) is 0 Å². The lowest BCUT2D eigenvalue weighted by Crippen LogP contribution is -2.66. The molecular weight excluding hydrogens is 801 g/mol. The predicted octanol–water partition coefficient (Wildman–Crippen LogP) is 13.6. The molecule has 0 amide bonds. The number of ether oxygens (including phenoxy) is 2. The highest BCUT2D eigenvalue weighted by Crippen LogP contribution is 2.77. The van der Waals surface area contributed by atoms with E-state index in [0.29, 0.717) is 17.6 Å². The molecule has 8 nitrogen and oxygen atoms in total. The van der Waals surface area contributed by atoms with Crippen LogP contribution in [0.2, 0.25) is 0 Å². The number of fused-ring (bicyclic) bond motifs is 5. The molecule has 368 valence electrons. The van der Waals surface area contributed by atoms with E-state index in [9.17, 15) is 29.7 Å². The largest absolute Gasteiger partial charge is 0.458 e. The molecule has 64 heavy (non-hydrogen) atoms. The second kappa shape index (κ2) is 27.1. The van der Waals surface area contributed by atoms with E-state index in [4.69, 9.17) is 9.47 Å². The van der Waals surface area contributed by atoms with Gasteiger partial charge in [0.1, 0.15) is 11.7 Å². The van der Waals surface area contributed by atoms with Gasteiger partial charge in [0.25, 0.3) is 0 Å². The number of Topliss-reactive ketones (excluding diaryl/α,β-unsaturated/α-hetero) is 1. The summed E-state index contributed by atoms with van der Waals surface area (Å²) in [5.41, 5.74) is -4.73. The number of unbranched alkanes of at least 4 members (excludes halogenated alkanes) is 28. The molecular formula is C56H96O8. The number of carbonyl (C=O) groups is 3. The fourth-order valence-electron chi connectivity index (χ4n) is 12.5. The van der Waals surface area contributed by atoms with Crippen molar-refractivity contribution in [3.63, 3.8) is 0 Å². The maximum atomic E-state index is 13.9. The van der Waals surface area contributed by atoms with Crippen LogP contribution >= 0.6 is 0 Å². The first kappa shape index (κ1) is 54.6. The van der Waals surface area contributed by atoms with Crippen LogP contribution in [0.4, 0.5) is 0 Å². The van der Waals surface area contributed by atoms with E-state index in [1.165, 1.54) is 148 Å². The molecule has 8 heteroatoms. The Morgan fingerprint density at radius 1 is 0.625 bits per heavy atom. The third-order valence-electron chi connectivity index (χ3n) is 16.5. The summed E-state index contributed by atoms with van der Waals surface area (Å²) < 4.78 is 13.1. The van der Waals surface area contributed by atoms with E-state index in [2.05, 4.69) is 13.8 Å². The molecule has 0 saturated heterocycles. The lowest BCUT2D eigenvalue weighted by Gasteiger charge is -2.53. The molecule has 0 aromatic heterocycles. The van der Waals surface area contributed by atoms with Gasteiger partial charge in [-0.25, -0.2) is 0 Å². The Morgan fingerprint density at radius 2 is 1.02 bits per heavy atom. The van der Waals surface area contributed by atoms with Crippen molar-refractivity contribution in [3.05, 3.63) is 23.3 Å². The van der Waals surface area contributed by atoms with Crippen LogP contribution < -0.4 is 0 Å². The Morgan fingerprint density at radius 3 is 1.42 bits per heavy atom. The lowest BCUT2D eigenvalue weighted by atomic mass is 9.59. The number of aliphatic hydroxyl groups is 3. The maximum absolute atomic E-state index is 13.9. The maximum Gasteiger partial charge on any atom is 0.306 e. The molecule has 2 fully saturated rings. The molecule has 0 spiro atoms. The number of hydrogen-bond acceptors (Lipinski definition) is 8. The summed E-state index contributed by atoms with van der Waals surface area (Å²) in [7, 11) is 0. The smallest absolute Gasteiger partial charge is 0.306 e. The quantitative estimate of drug-likeness (QED) is 0.0326. The molecule has 3 N–H and O–H groups in total. The van der Waals surface area contributed by atoms with E-state index >= 15 is 0 Å². The van der Waals surface area contributed by atoms with Gasteiger partial charge >= 0.3 is 11.9 Å². The predicted molar refractivity (Wildman–Crippen MR) is 260 cm³/mol. The topological polar surface area (TPSA) is 130 Å². The molecule has 4 aliphatic rings. The summed E-state index contributed by atoms with van der Waals surface area (Å²) in [5.74, 6) is -4.09. The van der Waals surface area contributed by atoms with Gasteiger partial charge in [0, 0.05) is 48.3 Å². The monoisotopic (exact) mass is 897 g/mol. The summed E-state index contributed by atoms with van der Waals surface area (Å²) in [6, 6.07) is 0. The molecule has 2 saturated carbocycles. The average molecular weight is 897 g/mol. The summed E-state index contributed by atoms with van der Waals surface area (Å²) in [6.07, 6.45) is 40.0. The van der Waals surface area contributed by atoms with Crippen LogP contribution in [-0.4, -0.2) is 62.6 Å². The first-order valence-electron chi connectivity index (χ1n) is 27.2. The van der Waals surface area contributed by atoms with E-state index in [1.807, 2.05) is 26.8 Å². The molecule has 0 heterocycles. The zero-order chi connectivity index (χ0) is 46.6. The fraction of sp³-hybridized carbons (Fsp3) is 0.875. The van der Waals surface area contributed by atoms with Crippen molar-refractivity contribution in [2.75, 3.05) is 6.61 Å². The highest BCUT2D eigenvalue weighted by atomic mass is 16.6. The van der Waals surface area contributed by atoms with Gasteiger partial charge in [-0.3, -0.25) is 14.4 Å². The summed E-state index contributed by atoms with van der Waals surface area (Å²) in [6.45, 7) is 11.6. The Bertz CT molecular complexity index is 1480. The minimum absolute atomic E-state index is 0.102. The third kappa shape index (κ3) is 13.8. The van der Waals surface area contributed by atoms with Crippen LogP contribution in [0.1, 0.15) is 253 Å². The van der Waals surface area contributed by atoms with Crippen molar-refractivity contribution in [2.45, 2.75) is 276 Å². The average Bonchev–Trinajstić information content (AvgIpc) is 3.69. The van der Waals surface area contributed by atoms with Gasteiger partial charge < -0.3 is 24.8 Å². The number of ketones is 1. The molecule has 8 atom stereocenters. The van der Waals surface area contributed by atoms with Gasteiger partial charge in [0.05, 0.1) is 12.2 Å². The molecule has 0 unspecified atom stereocenters. The molecule has 0 aromatic rings. The van der Waals surface area contributed by atoms with Crippen molar-refractivity contribution in [1.82, 2.24) is 0 Å². The van der Waals surface area contributed by atoms with Crippen LogP contribution in [0.5, 0.6) is 0 Å². The number of aliphatic hydroxyl groups excluding tert-OH is 1. The molecule has 0 aliphatic heterocycles. The molecule has 4 rings (SSSR count). The Balaban J connectivity index is 1.32. The zero-order valence-electron chi connectivity index (χ0n) is 42.0. The second-order valence-electron chi connectivity index (χ2n) is 21.7. The third-order valence-corrected chi connectivity index (χ3v) is 16.5. The Labute approximate surface area is 391 Å². The van der Waals surface area contributed by atoms with E-state index in [1.54, 1.807) is 13.0 Å². The molecule has 0 bridgehead atoms. The lowest BCUT2D eigenvalue weighted by molar-refractivity contribution is -0.229. The first-order valence-corrected chi connectivity index (χ1v) is 27.2. The van der Waals surface area contributed by atoms with Crippen molar-refractivity contribution >= 4 is 17.7 Å². The first-order chi connectivity index (χ1) is 30.8. The SMILES string of the molecule is CCCCCCCCCCCCCCCCCC(=O)O[C@@H]1[C@@H](C)[C@@]2(O)[C@@H](C=C(CO)C[C@@]3(O)C(=O)C(C)=C[C@@H]23)[C@@H]2C(C)(C)[C@]12OC(=O)CCCCCCCCCCCCCCCCC. The van der Waals surface area contributed by atoms with Crippen LogP contribution in [-0.2, 0) is 23.9 Å². The number of esters is 2. The molecule has 4 aliphatic carbocycles. The van der Waals surface area contributed by atoms with Crippen LogP contribution in [0.15, 0.2) is 23.3 Å². The normalized spacial score (nSPS) is 29.0. The van der Waals surface area contributed by atoms with Crippen LogP contribution in [0, 0.1) is 29.1 Å². The second-order valence-corrected chi connectivity index (χ2v) is 21.7. The van der Waals surface area contributed by atoms with Gasteiger partial charge in [0.15, 0.2) is 11.4 Å². The zero-order valence-corrected chi connectivity index (χ0v) is 42.0. The van der Waals surface area contributed by atoms with Crippen LogP contribution in [0.3, 0.4) is 0 Å². The van der Waals surface area contributed by atoms with Gasteiger partial charge in [-0.1, -0.05) is 227 Å². The van der Waals surface area contributed by atoms with E-state index in [-0.39, 0.29) is 37.8 Å². The van der Waals surface area contributed by atoms with Gasteiger partial charge in [-0.05, 0) is 30.9 Å². The van der Waals surface area contributed by atoms with Crippen molar-refractivity contribution < 1.29 is 39.2 Å². The van der Waals surface area contributed by atoms with Crippen LogP contribution in [0.25, 0.3) is 0 Å². The van der Waals surface area contributed by atoms with Gasteiger partial charge in [-0.2, -0.15) is 0 Å². The number of rotatable bonds is 35. The Hall–Kier alpha value is -2.03. The van der Waals surface area contributed by atoms with Gasteiger partial charge in [0.2, 0.25) is 0 Å². The summed E-state index contributed by atoms with van der Waals surface area (Å²) >= 11 is 0. The fourth-order valence-corrected chi connectivity index (χ4v) is 12.5. The number of hydrogen-bond donors (Lipinski definition) is 3. The number of carbonyl (C=O) groups excluding carboxylic acids is 3. The highest BCUT2D eigenvalue weighted by molar-refractivity contribution is 6.04. The van der Waals surface area contributed by atoms with Crippen molar-refractivity contribution in [2.24, 2.45) is 29.1 Å². The minimum Gasteiger partial charge on any atom is -0.458 e. The standard InChI is InChI=1S/C56H96O8/c1-7-9-11-13-15-17-19-21-23-25-27-29-31-33-35-37-48(58)63-52-44(4)55(62)46(40-45(42-57)41-54(61)47(55)39-43(3)51(54)60)50-53(5,6)56(50,52)64-49(59)38-36-34-32-30-28-26-24-22-20-18-16-14-12-10-8-2/h39-40,44,46-47,50,52,57,61-62H,7-38,41-42H2,1-6H3/t44-,46+,47-,50-,52-,54+,55-,56-/m1/s1. The summed E-state index contributed by atoms with van der Waals surface area (Å²) in [4.78, 5) is 41.3. The highest BCUT2D eigenvalue weighted by Gasteiger charge is 2.88. The Kier molecular flexibility index (Phi) is 23.1. The van der Waals surface area contributed by atoms with E-state index < -0.39 is 57.8 Å². The molecule has 0 aromatic carbocycles. The van der Waals surface area contributed by atoms with E-state index in [0.717, 1.165) is 38.5 Å². The minimum atomic E-state index is -1.94. The van der Waals surface area contributed by atoms with Crippen molar-refractivity contribution in [3.8, 4) is 0 Å². The van der Waals surface area contributed by atoms with Crippen molar-refractivity contribution in [1.29, 1.82) is 0 Å². The molecule has 0 radical (unpaired) electrons.